The number of fused-ring (bicyclic) bond motifs is 2. The molecule has 0 radical (unpaired) electrons. The molecule has 0 bridgehead atoms. The van der Waals surface area contributed by atoms with Crippen molar-refractivity contribution in [2.24, 2.45) is 0 Å². The van der Waals surface area contributed by atoms with Gasteiger partial charge in [-0.25, -0.2) is 4.98 Å². The molecule has 0 atom stereocenters. The summed E-state index contributed by atoms with van der Waals surface area (Å²) in [4.78, 5) is 22.2. The first-order valence-electron chi connectivity index (χ1n) is 9.63. The Morgan fingerprint density at radius 1 is 1.25 bits per heavy atom. The van der Waals surface area contributed by atoms with Gasteiger partial charge in [-0.15, -0.1) is 10.2 Å². The van der Waals surface area contributed by atoms with Crippen molar-refractivity contribution >= 4 is 48.5 Å². The van der Waals surface area contributed by atoms with Crippen LogP contribution >= 0.6 is 27.3 Å². The van der Waals surface area contributed by atoms with Gasteiger partial charge in [-0.1, -0.05) is 41.1 Å². The first kappa shape index (κ1) is 19.5. The third kappa shape index (κ3) is 3.70. The molecule has 1 aromatic carbocycles. The van der Waals surface area contributed by atoms with Gasteiger partial charge in [0.25, 0.3) is 5.91 Å². The average molecular weight is 463 g/mol. The number of halogens is 1. The Hall–Kier alpha value is -1.84. The molecule has 3 heterocycles. The highest BCUT2D eigenvalue weighted by atomic mass is 79.9. The van der Waals surface area contributed by atoms with E-state index < -0.39 is 0 Å². The van der Waals surface area contributed by atoms with Gasteiger partial charge < -0.3 is 9.47 Å². The van der Waals surface area contributed by atoms with Crippen molar-refractivity contribution in [1.29, 1.82) is 0 Å². The zero-order valence-electron chi connectivity index (χ0n) is 16.1. The van der Waals surface area contributed by atoms with Gasteiger partial charge in [0.05, 0.1) is 10.2 Å². The van der Waals surface area contributed by atoms with E-state index in [1.54, 1.807) is 4.90 Å². The van der Waals surface area contributed by atoms with Crippen LogP contribution in [0.5, 0.6) is 0 Å². The summed E-state index contributed by atoms with van der Waals surface area (Å²) in [6, 6.07) is 5.98. The zero-order chi connectivity index (χ0) is 19.7. The number of hydrogen-bond acceptors (Lipinski definition) is 6. The van der Waals surface area contributed by atoms with Crippen molar-refractivity contribution in [3.63, 3.8) is 0 Å². The maximum Gasteiger partial charge on any atom is 0.298 e. The summed E-state index contributed by atoms with van der Waals surface area (Å²) in [6.45, 7) is 8.34. The van der Waals surface area contributed by atoms with Crippen molar-refractivity contribution < 1.29 is 4.79 Å². The van der Waals surface area contributed by atoms with Crippen molar-refractivity contribution in [2.75, 3.05) is 31.1 Å². The minimum absolute atomic E-state index is 0.120. The lowest BCUT2D eigenvalue weighted by Gasteiger charge is -2.24. The maximum absolute atomic E-state index is 13.4. The molecule has 0 saturated carbocycles. The van der Waals surface area contributed by atoms with E-state index in [1.165, 1.54) is 11.3 Å². The predicted octanol–water partition coefficient (Wildman–Crippen LogP) is 3.59. The molecule has 148 valence electrons. The summed E-state index contributed by atoms with van der Waals surface area (Å²) < 4.78 is 4.01. The van der Waals surface area contributed by atoms with E-state index in [0.717, 1.165) is 59.5 Å². The number of aromatic nitrogens is 4. The summed E-state index contributed by atoms with van der Waals surface area (Å²) >= 11 is 5.04. The Labute approximate surface area is 176 Å². The summed E-state index contributed by atoms with van der Waals surface area (Å²) in [7, 11) is 0. The van der Waals surface area contributed by atoms with Crippen LogP contribution in [0.25, 0.3) is 10.2 Å². The second-order valence-corrected chi connectivity index (χ2v) is 8.71. The lowest BCUT2D eigenvalue weighted by Crippen LogP contribution is -2.40. The number of anilines is 1. The fourth-order valence-electron chi connectivity index (χ4n) is 3.50. The number of carbonyl (C=O) groups excluding carboxylic acids is 1. The Balaban J connectivity index is 1.68. The highest BCUT2D eigenvalue weighted by molar-refractivity contribution is 9.10. The summed E-state index contributed by atoms with van der Waals surface area (Å²) in [5.41, 5.74) is 0.898. The topological polar surface area (TPSA) is 67.2 Å². The van der Waals surface area contributed by atoms with E-state index in [0.29, 0.717) is 17.5 Å². The predicted molar refractivity (Wildman–Crippen MR) is 115 cm³/mol. The standard InChI is InChI=1S/C19H23BrN6OS/c1-3-24(4-2)10-11-26(18(27)17-23-22-16-6-5-9-25(16)17)19-21-14-8-7-13(20)12-15(14)28-19/h7-8,12H,3-6,9-11H2,1-2H3. The summed E-state index contributed by atoms with van der Waals surface area (Å²) in [5, 5.41) is 9.11. The minimum Gasteiger partial charge on any atom is -0.307 e. The number of thiazole rings is 1. The molecule has 0 fully saturated rings. The number of nitrogens with zero attached hydrogens (tertiary/aromatic N) is 6. The van der Waals surface area contributed by atoms with Gasteiger partial charge >= 0.3 is 0 Å². The Morgan fingerprint density at radius 3 is 2.86 bits per heavy atom. The fourth-order valence-corrected chi connectivity index (χ4v) is 5.04. The number of amides is 1. The molecule has 1 amide bonds. The summed E-state index contributed by atoms with van der Waals surface area (Å²) in [6.07, 6.45) is 1.90. The van der Waals surface area contributed by atoms with E-state index in [2.05, 4.69) is 44.9 Å². The van der Waals surface area contributed by atoms with Gasteiger partial charge in [-0.05, 0) is 37.7 Å². The third-order valence-corrected chi connectivity index (χ3v) is 6.68. The first-order chi connectivity index (χ1) is 13.6. The molecule has 1 aliphatic heterocycles. The van der Waals surface area contributed by atoms with Crippen LogP contribution < -0.4 is 4.90 Å². The van der Waals surface area contributed by atoms with Gasteiger partial charge in [0.1, 0.15) is 5.82 Å². The molecule has 0 aliphatic carbocycles. The number of rotatable bonds is 7. The third-order valence-electron chi connectivity index (χ3n) is 5.15. The van der Waals surface area contributed by atoms with Gasteiger partial charge in [-0.2, -0.15) is 0 Å². The molecular formula is C19H23BrN6OS. The summed E-state index contributed by atoms with van der Waals surface area (Å²) in [5.74, 6) is 1.21. The number of benzene rings is 1. The molecule has 0 unspecified atom stereocenters. The zero-order valence-corrected chi connectivity index (χ0v) is 18.5. The van der Waals surface area contributed by atoms with Crippen molar-refractivity contribution in [1.82, 2.24) is 24.6 Å². The van der Waals surface area contributed by atoms with Gasteiger partial charge in [0.15, 0.2) is 5.13 Å². The Morgan fingerprint density at radius 2 is 2.07 bits per heavy atom. The first-order valence-corrected chi connectivity index (χ1v) is 11.2. The second kappa shape index (κ2) is 8.26. The van der Waals surface area contributed by atoms with Crippen LogP contribution in [-0.2, 0) is 13.0 Å². The fraction of sp³-hybridized carbons (Fsp3) is 0.474. The highest BCUT2D eigenvalue weighted by Crippen LogP contribution is 2.31. The second-order valence-electron chi connectivity index (χ2n) is 6.79. The SMILES string of the molecule is CCN(CC)CCN(C(=O)c1nnc2n1CCC2)c1nc2ccc(Br)cc2s1. The average Bonchev–Trinajstić information content (AvgIpc) is 3.39. The molecule has 28 heavy (non-hydrogen) atoms. The number of hydrogen-bond donors (Lipinski definition) is 0. The lowest BCUT2D eigenvalue weighted by atomic mass is 10.3. The van der Waals surface area contributed by atoms with Gasteiger partial charge in [0.2, 0.25) is 5.82 Å². The quantitative estimate of drug-likeness (QED) is 0.536. The van der Waals surface area contributed by atoms with Crippen molar-refractivity contribution in [2.45, 2.75) is 33.2 Å². The van der Waals surface area contributed by atoms with E-state index in [1.807, 2.05) is 22.8 Å². The van der Waals surface area contributed by atoms with Crippen LogP contribution in [0.15, 0.2) is 22.7 Å². The molecule has 1 aliphatic rings. The Kier molecular flexibility index (Phi) is 5.75. The molecule has 2 aromatic heterocycles. The number of likely N-dealkylation sites (N-methyl/N-ethyl adjacent to an activating group) is 1. The molecule has 0 N–H and O–H groups in total. The van der Waals surface area contributed by atoms with Crippen LogP contribution in [0.3, 0.4) is 0 Å². The Bertz CT molecular complexity index is 996. The smallest absolute Gasteiger partial charge is 0.298 e. The highest BCUT2D eigenvalue weighted by Gasteiger charge is 2.29. The van der Waals surface area contributed by atoms with Crippen molar-refractivity contribution in [3.8, 4) is 0 Å². The van der Waals surface area contributed by atoms with Gasteiger partial charge in [-0.3, -0.25) is 9.69 Å². The molecule has 0 spiro atoms. The molecule has 7 nitrogen and oxygen atoms in total. The van der Waals surface area contributed by atoms with Gasteiger partial charge in [0, 0.05) is 30.5 Å². The molecule has 9 heteroatoms. The van der Waals surface area contributed by atoms with E-state index >= 15 is 0 Å². The van der Waals surface area contributed by atoms with E-state index in [9.17, 15) is 4.79 Å². The number of carbonyl (C=O) groups is 1. The van der Waals surface area contributed by atoms with E-state index in [-0.39, 0.29) is 5.91 Å². The molecule has 4 rings (SSSR count). The van der Waals surface area contributed by atoms with Crippen LogP contribution in [0.2, 0.25) is 0 Å². The van der Waals surface area contributed by atoms with Crippen LogP contribution in [-0.4, -0.2) is 56.7 Å². The van der Waals surface area contributed by atoms with Crippen LogP contribution in [0.1, 0.15) is 36.7 Å². The maximum atomic E-state index is 13.4. The molecular weight excluding hydrogens is 440 g/mol. The van der Waals surface area contributed by atoms with Crippen LogP contribution in [0, 0.1) is 0 Å². The van der Waals surface area contributed by atoms with Crippen molar-refractivity contribution in [3.05, 3.63) is 34.3 Å². The van der Waals surface area contributed by atoms with Crippen LogP contribution in [0.4, 0.5) is 5.13 Å². The minimum atomic E-state index is -0.120. The normalized spacial score (nSPS) is 13.4. The molecule has 3 aromatic rings. The number of aryl methyl sites for hydroxylation is 1. The lowest BCUT2D eigenvalue weighted by molar-refractivity contribution is 0.0969. The molecule has 0 saturated heterocycles. The van der Waals surface area contributed by atoms with E-state index in [4.69, 9.17) is 4.98 Å². The largest absolute Gasteiger partial charge is 0.307 e. The monoisotopic (exact) mass is 462 g/mol.